The Hall–Kier alpha value is -1.69. The van der Waals surface area contributed by atoms with E-state index in [2.05, 4.69) is 12.1 Å². The van der Waals surface area contributed by atoms with Crippen LogP contribution in [0, 0.1) is 12.8 Å². The molecule has 3 unspecified atom stereocenters. The molecule has 1 saturated carbocycles. The van der Waals surface area contributed by atoms with Gasteiger partial charge >= 0.3 is 0 Å². The van der Waals surface area contributed by atoms with Crippen LogP contribution in [0.1, 0.15) is 55.2 Å². The highest BCUT2D eigenvalue weighted by Crippen LogP contribution is 2.46. The molecule has 3 rings (SSSR count). The first kappa shape index (κ1) is 20.1. The van der Waals surface area contributed by atoms with Gasteiger partial charge in [-0.1, -0.05) is 56.2 Å². The minimum atomic E-state index is -4.48. The summed E-state index contributed by atoms with van der Waals surface area (Å²) in [5.41, 5.74) is 2.05. The SMILES string of the molecule is Cc1ccc(S(=O)(=O)[O-])cc1CC(C)C1(O)CCCCC1c1ccccc1. The fourth-order valence-electron chi connectivity index (χ4n) is 4.44. The summed E-state index contributed by atoms with van der Waals surface area (Å²) in [6.45, 7) is 3.93. The third kappa shape index (κ3) is 4.26. The highest BCUT2D eigenvalue weighted by atomic mass is 32.2. The van der Waals surface area contributed by atoms with Gasteiger partial charge in [-0.15, -0.1) is 0 Å². The lowest BCUT2D eigenvalue weighted by Gasteiger charge is -2.45. The van der Waals surface area contributed by atoms with Crippen LogP contribution in [-0.4, -0.2) is 23.7 Å². The predicted molar refractivity (Wildman–Crippen MR) is 105 cm³/mol. The third-order valence-corrected chi connectivity index (χ3v) is 6.95. The van der Waals surface area contributed by atoms with Crippen molar-refractivity contribution in [3.63, 3.8) is 0 Å². The van der Waals surface area contributed by atoms with Gasteiger partial charge in [0.1, 0.15) is 10.1 Å². The summed E-state index contributed by atoms with van der Waals surface area (Å²) in [5.74, 6) is 0.000456. The van der Waals surface area contributed by atoms with E-state index in [-0.39, 0.29) is 16.7 Å². The summed E-state index contributed by atoms with van der Waals surface area (Å²) in [5, 5.41) is 11.7. The van der Waals surface area contributed by atoms with E-state index >= 15 is 0 Å². The molecule has 0 aromatic heterocycles. The zero-order valence-corrected chi connectivity index (χ0v) is 16.7. The summed E-state index contributed by atoms with van der Waals surface area (Å²) in [4.78, 5) is -0.203. The van der Waals surface area contributed by atoms with Crippen LogP contribution in [0.2, 0.25) is 0 Å². The van der Waals surface area contributed by atoms with E-state index in [0.717, 1.165) is 42.4 Å². The van der Waals surface area contributed by atoms with Gasteiger partial charge in [-0.05, 0) is 60.9 Å². The molecule has 146 valence electrons. The standard InChI is InChI=1S/C22H28O4S/c1-16-11-12-20(27(24,25)26)15-19(16)14-17(2)22(23)13-7-6-10-21(22)18-8-4-3-5-9-18/h3-5,8-9,11-12,15,17,21,23H,6-7,10,13-14H2,1-2H3,(H,24,25,26)/p-1. The molecule has 1 aliphatic rings. The number of hydrogen-bond donors (Lipinski definition) is 1. The Bertz CT molecular complexity index is 892. The molecular formula is C22H27O4S-. The summed E-state index contributed by atoms with van der Waals surface area (Å²) < 4.78 is 34.1. The second kappa shape index (κ2) is 7.74. The van der Waals surface area contributed by atoms with Crippen LogP contribution in [0.5, 0.6) is 0 Å². The first-order chi connectivity index (χ1) is 12.7. The van der Waals surface area contributed by atoms with E-state index in [9.17, 15) is 18.1 Å². The van der Waals surface area contributed by atoms with E-state index in [0.29, 0.717) is 6.42 Å². The van der Waals surface area contributed by atoms with Crippen LogP contribution >= 0.6 is 0 Å². The Labute approximate surface area is 162 Å². The molecule has 0 spiro atoms. The molecule has 2 aromatic rings. The molecule has 4 nitrogen and oxygen atoms in total. The number of hydrogen-bond acceptors (Lipinski definition) is 4. The lowest BCUT2D eigenvalue weighted by atomic mass is 9.65. The maximum Gasteiger partial charge on any atom is 0.124 e. The lowest BCUT2D eigenvalue weighted by molar-refractivity contribution is -0.0618. The zero-order chi connectivity index (χ0) is 19.7. The van der Waals surface area contributed by atoms with Crippen molar-refractivity contribution in [1.29, 1.82) is 0 Å². The molecule has 0 radical (unpaired) electrons. The molecule has 1 aliphatic carbocycles. The summed E-state index contributed by atoms with van der Waals surface area (Å²) in [6, 6.07) is 14.6. The van der Waals surface area contributed by atoms with Crippen molar-refractivity contribution < 1.29 is 18.1 Å². The van der Waals surface area contributed by atoms with Crippen molar-refractivity contribution >= 4 is 10.1 Å². The normalized spacial score (nSPS) is 24.5. The first-order valence-corrected chi connectivity index (χ1v) is 11.0. The fourth-order valence-corrected chi connectivity index (χ4v) is 4.96. The number of aryl methyl sites for hydroxylation is 1. The van der Waals surface area contributed by atoms with Crippen molar-refractivity contribution in [2.75, 3.05) is 0 Å². The van der Waals surface area contributed by atoms with Crippen LogP contribution in [0.15, 0.2) is 53.4 Å². The topological polar surface area (TPSA) is 77.4 Å². The molecule has 3 atom stereocenters. The zero-order valence-electron chi connectivity index (χ0n) is 15.9. The van der Waals surface area contributed by atoms with E-state index in [1.54, 1.807) is 6.07 Å². The van der Waals surface area contributed by atoms with E-state index in [1.165, 1.54) is 12.1 Å². The Morgan fingerprint density at radius 1 is 1.19 bits per heavy atom. The first-order valence-electron chi connectivity index (χ1n) is 9.54. The average molecular weight is 388 g/mol. The molecule has 0 bridgehead atoms. The van der Waals surface area contributed by atoms with Gasteiger partial charge in [0.05, 0.1) is 10.5 Å². The van der Waals surface area contributed by atoms with Crippen molar-refractivity contribution in [1.82, 2.24) is 0 Å². The van der Waals surface area contributed by atoms with Gasteiger partial charge in [0.15, 0.2) is 0 Å². The van der Waals surface area contributed by atoms with Crippen LogP contribution < -0.4 is 0 Å². The van der Waals surface area contributed by atoms with Gasteiger partial charge in [0.25, 0.3) is 0 Å². The van der Waals surface area contributed by atoms with Gasteiger partial charge in [-0.2, -0.15) is 0 Å². The van der Waals surface area contributed by atoms with Gasteiger partial charge in [-0.25, -0.2) is 8.42 Å². The average Bonchev–Trinajstić information content (AvgIpc) is 2.63. The van der Waals surface area contributed by atoms with Gasteiger partial charge < -0.3 is 9.66 Å². The van der Waals surface area contributed by atoms with Gasteiger partial charge in [0, 0.05) is 5.92 Å². The molecule has 0 heterocycles. The molecule has 1 fully saturated rings. The van der Waals surface area contributed by atoms with E-state index in [4.69, 9.17) is 0 Å². The lowest BCUT2D eigenvalue weighted by Crippen LogP contribution is -2.45. The number of aliphatic hydroxyl groups is 1. The summed E-state index contributed by atoms with van der Waals surface area (Å²) in [6.07, 6.45) is 4.29. The fraction of sp³-hybridized carbons (Fsp3) is 0.455. The number of benzene rings is 2. The monoisotopic (exact) mass is 387 g/mol. The minimum Gasteiger partial charge on any atom is -0.744 e. The smallest absolute Gasteiger partial charge is 0.124 e. The van der Waals surface area contributed by atoms with Crippen molar-refractivity contribution in [2.45, 2.75) is 62.4 Å². The Morgan fingerprint density at radius 3 is 2.56 bits per heavy atom. The molecular weight excluding hydrogens is 360 g/mol. The highest BCUT2D eigenvalue weighted by Gasteiger charge is 2.43. The Balaban J connectivity index is 1.91. The van der Waals surface area contributed by atoms with Crippen LogP contribution in [0.3, 0.4) is 0 Å². The molecule has 27 heavy (non-hydrogen) atoms. The predicted octanol–water partition coefficient (Wildman–Crippen LogP) is 4.17. The molecule has 0 saturated heterocycles. The van der Waals surface area contributed by atoms with Crippen LogP contribution in [-0.2, 0) is 16.5 Å². The second-order valence-corrected chi connectivity index (χ2v) is 9.23. The van der Waals surface area contributed by atoms with Gasteiger partial charge in [0.2, 0.25) is 0 Å². The quantitative estimate of drug-likeness (QED) is 0.781. The minimum absolute atomic E-state index is 0.0636. The summed E-state index contributed by atoms with van der Waals surface area (Å²) in [7, 11) is -4.48. The second-order valence-electron chi connectivity index (χ2n) is 7.85. The third-order valence-electron chi connectivity index (χ3n) is 6.11. The molecule has 2 aromatic carbocycles. The van der Waals surface area contributed by atoms with Gasteiger partial charge in [-0.3, -0.25) is 0 Å². The Morgan fingerprint density at radius 2 is 1.89 bits per heavy atom. The molecule has 0 amide bonds. The maximum atomic E-state index is 11.7. The maximum absolute atomic E-state index is 11.7. The van der Waals surface area contributed by atoms with Crippen LogP contribution in [0.4, 0.5) is 0 Å². The van der Waals surface area contributed by atoms with Crippen molar-refractivity contribution in [3.8, 4) is 0 Å². The van der Waals surface area contributed by atoms with Crippen LogP contribution in [0.25, 0.3) is 0 Å². The summed E-state index contributed by atoms with van der Waals surface area (Å²) >= 11 is 0. The van der Waals surface area contributed by atoms with E-state index < -0.39 is 15.7 Å². The highest BCUT2D eigenvalue weighted by molar-refractivity contribution is 7.85. The Kier molecular flexibility index (Phi) is 5.75. The van der Waals surface area contributed by atoms with E-state index in [1.807, 2.05) is 32.0 Å². The molecule has 5 heteroatoms. The van der Waals surface area contributed by atoms with Crippen molar-refractivity contribution in [2.24, 2.45) is 5.92 Å². The molecule has 1 N–H and O–H groups in total. The van der Waals surface area contributed by atoms with Crippen molar-refractivity contribution in [3.05, 3.63) is 65.2 Å². The number of rotatable bonds is 5. The molecule has 0 aliphatic heterocycles. The largest absolute Gasteiger partial charge is 0.744 e.